The second-order valence-corrected chi connectivity index (χ2v) is 10.0. The number of halogens is 3. The zero-order chi connectivity index (χ0) is 22.9. The van der Waals surface area contributed by atoms with Gasteiger partial charge in [0, 0.05) is 27.9 Å². The molecule has 4 unspecified atom stereocenters. The van der Waals surface area contributed by atoms with Crippen molar-refractivity contribution in [3.63, 3.8) is 0 Å². The Morgan fingerprint density at radius 1 is 1.10 bits per heavy atom. The summed E-state index contributed by atoms with van der Waals surface area (Å²) >= 11 is 12.3. The minimum Gasteiger partial charge on any atom is -0.480 e. The van der Waals surface area contributed by atoms with E-state index in [4.69, 9.17) is 23.2 Å². The molecule has 168 valence electrons. The molecule has 1 aliphatic rings. The Labute approximate surface area is 194 Å². The highest BCUT2D eigenvalue weighted by Crippen LogP contribution is 2.52. The third kappa shape index (κ3) is 4.92. The minimum atomic E-state index is -0.900. The van der Waals surface area contributed by atoms with Gasteiger partial charge in [-0.2, -0.15) is 0 Å². The third-order valence-corrected chi connectivity index (χ3v) is 7.29. The Hall–Kier alpha value is -1.62. The molecule has 0 bridgehead atoms. The van der Waals surface area contributed by atoms with Crippen molar-refractivity contribution in [3.8, 4) is 0 Å². The maximum atomic E-state index is 15.2. The quantitative estimate of drug-likeness (QED) is 0.479. The highest BCUT2D eigenvalue weighted by Gasteiger charge is 2.53. The molecular formula is C25H30Cl2FNO2. The highest BCUT2D eigenvalue weighted by atomic mass is 35.5. The van der Waals surface area contributed by atoms with E-state index in [1.54, 1.807) is 18.2 Å². The van der Waals surface area contributed by atoms with E-state index in [1.165, 1.54) is 6.07 Å². The molecule has 0 amide bonds. The van der Waals surface area contributed by atoms with E-state index in [0.717, 1.165) is 18.4 Å². The van der Waals surface area contributed by atoms with Crippen molar-refractivity contribution in [2.75, 3.05) is 6.54 Å². The lowest BCUT2D eigenvalue weighted by Crippen LogP contribution is -2.43. The van der Waals surface area contributed by atoms with Gasteiger partial charge in [0.15, 0.2) is 0 Å². The van der Waals surface area contributed by atoms with E-state index in [2.05, 4.69) is 20.8 Å². The molecule has 31 heavy (non-hydrogen) atoms. The fourth-order valence-corrected chi connectivity index (χ4v) is 5.37. The summed E-state index contributed by atoms with van der Waals surface area (Å²) in [5.41, 5.74) is 1.30. The first-order chi connectivity index (χ1) is 14.6. The molecule has 0 spiro atoms. The SMILES string of the molecule is CCN1C(CC(C)(C)CC)C(c2ccc(Cl)cc2F)C(c2cccc(Cl)c2)C1C(=O)O. The summed E-state index contributed by atoms with van der Waals surface area (Å²) in [4.78, 5) is 14.6. The zero-order valence-electron chi connectivity index (χ0n) is 18.4. The number of rotatable bonds is 7. The van der Waals surface area contributed by atoms with Gasteiger partial charge in [-0.3, -0.25) is 9.69 Å². The average Bonchev–Trinajstić information content (AvgIpc) is 3.01. The van der Waals surface area contributed by atoms with E-state index >= 15 is 4.39 Å². The maximum absolute atomic E-state index is 15.2. The van der Waals surface area contributed by atoms with E-state index in [-0.39, 0.29) is 17.4 Å². The lowest BCUT2D eigenvalue weighted by atomic mass is 9.73. The number of benzene rings is 2. The Morgan fingerprint density at radius 3 is 2.32 bits per heavy atom. The molecule has 1 N–H and O–H groups in total. The first-order valence-corrected chi connectivity index (χ1v) is 11.5. The molecule has 0 aliphatic carbocycles. The van der Waals surface area contributed by atoms with Crippen LogP contribution < -0.4 is 0 Å². The van der Waals surface area contributed by atoms with Crippen LogP contribution in [0.3, 0.4) is 0 Å². The third-order valence-electron chi connectivity index (χ3n) is 6.82. The Kier molecular flexibility index (Phi) is 7.35. The average molecular weight is 466 g/mol. The summed E-state index contributed by atoms with van der Waals surface area (Å²) in [6.07, 6.45) is 1.70. The largest absolute Gasteiger partial charge is 0.480 e. The van der Waals surface area contributed by atoms with Gasteiger partial charge in [-0.15, -0.1) is 0 Å². The molecule has 6 heteroatoms. The second kappa shape index (κ2) is 9.48. The van der Waals surface area contributed by atoms with Crippen LogP contribution in [0.5, 0.6) is 0 Å². The van der Waals surface area contributed by atoms with Crippen LogP contribution >= 0.6 is 23.2 Å². The molecule has 0 saturated carbocycles. The monoisotopic (exact) mass is 465 g/mol. The van der Waals surface area contributed by atoms with Crippen LogP contribution in [0.15, 0.2) is 42.5 Å². The topological polar surface area (TPSA) is 40.5 Å². The molecule has 3 rings (SSSR count). The van der Waals surface area contributed by atoms with E-state index in [0.29, 0.717) is 22.2 Å². The van der Waals surface area contributed by atoms with Gasteiger partial charge in [0.25, 0.3) is 0 Å². The van der Waals surface area contributed by atoms with Crippen LogP contribution in [0.2, 0.25) is 10.0 Å². The summed E-state index contributed by atoms with van der Waals surface area (Å²) in [6.45, 7) is 9.02. The van der Waals surface area contributed by atoms with Crippen LogP contribution in [-0.4, -0.2) is 34.6 Å². The normalized spacial score (nSPS) is 24.5. The van der Waals surface area contributed by atoms with Crippen molar-refractivity contribution in [1.29, 1.82) is 0 Å². The molecule has 0 radical (unpaired) electrons. The van der Waals surface area contributed by atoms with Crippen molar-refractivity contribution >= 4 is 29.2 Å². The number of aliphatic carboxylic acids is 1. The van der Waals surface area contributed by atoms with Crippen molar-refractivity contribution in [1.82, 2.24) is 4.90 Å². The van der Waals surface area contributed by atoms with Gasteiger partial charge in [-0.05, 0) is 53.8 Å². The summed E-state index contributed by atoms with van der Waals surface area (Å²) in [6, 6.07) is 11.1. The van der Waals surface area contributed by atoms with E-state index in [1.807, 2.05) is 30.0 Å². The lowest BCUT2D eigenvalue weighted by molar-refractivity contribution is -0.143. The van der Waals surface area contributed by atoms with Crippen LogP contribution in [-0.2, 0) is 4.79 Å². The van der Waals surface area contributed by atoms with Crippen LogP contribution in [0.4, 0.5) is 4.39 Å². The fourth-order valence-electron chi connectivity index (χ4n) is 5.01. The molecule has 1 saturated heterocycles. The number of carboxylic acids is 1. The number of carbonyl (C=O) groups is 1. The molecule has 4 atom stereocenters. The van der Waals surface area contributed by atoms with Crippen molar-refractivity contribution in [2.24, 2.45) is 5.41 Å². The predicted octanol–water partition coefficient (Wildman–Crippen LogP) is 6.98. The number of carboxylic acid groups (broad SMARTS) is 1. The van der Waals surface area contributed by atoms with Crippen molar-refractivity contribution in [2.45, 2.75) is 64.5 Å². The summed E-state index contributed by atoms with van der Waals surface area (Å²) in [7, 11) is 0. The minimum absolute atomic E-state index is 0.0223. The summed E-state index contributed by atoms with van der Waals surface area (Å²) in [5, 5.41) is 11.1. The van der Waals surface area contributed by atoms with Gasteiger partial charge in [0.1, 0.15) is 11.9 Å². The van der Waals surface area contributed by atoms with E-state index < -0.39 is 23.7 Å². The molecule has 1 aliphatic heterocycles. The molecule has 1 heterocycles. The van der Waals surface area contributed by atoms with Crippen LogP contribution in [0.1, 0.15) is 63.5 Å². The van der Waals surface area contributed by atoms with Crippen molar-refractivity contribution in [3.05, 3.63) is 69.5 Å². The highest BCUT2D eigenvalue weighted by molar-refractivity contribution is 6.30. The Morgan fingerprint density at radius 2 is 1.77 bits per heavy atom. The standard InChI is InChI=1S/C25H30Cl2FNO2/c1-5-25(3,4)14-20-22(18-11-10-17(27)13-19(18)28)21(15-8-7-9-16(26)12-15)23(24(30)31)29(20)6-2/h7-13,20-23H,5-6,14H2,1-4H3,(H,30,31). The van der Waals surface area contributed by atoms with Gasteiger partial charge < -0.3 is 5.11 Å². The number of likely N-dealkylation sites (N-methyl/N-ethyl adjacent to an activating group) is 1. The number of hydrogen-bond donors (Lipinski definition) is 1. The molecule has 2 aromatic rings. The van der Waals surface area contributed by atoms with E-state index in [9.17, 15) is 9.90 Å². The van der Waals surface area contributed by atoms with Gasteiger partial charge in [0.2, 0.25) is 0 Å². The zero-order valence-corrected chi connectivity index (χ0v) is 19.9. The second-order valence-electron chi connectivity index (χ2n) is 9.18. The fraction of sp³-hybridized carbons (Fsp3) is 0.480. The molecule has 1 fully saturated rings. The Balaban J connectivity index is 2.25. The molecule has 2 aromatic carbocycles. The van der Waals surface area contributed by atoms with Crippen LogP contribution in [0, 0.1) is 11.2 Å². The van der Waals surface area contributed by atoms with Gasteiger partial charge in [0.05, 0.1) is 0 Å². The van der Waals surface area contributed by atoms with Crippen molar-refractivity contribution < 1.29 is 14.3 Å². The number of nitrogens with zero attached hydrogens (tertiary/aromatic N) is 1. The first-order valence-electron chi connectivity index (χ1n) is 10.8. The van der Waals surface area contributed by atoms with Gasteiger partial charge in [-0.25, -0.2) is 4.39 Å². The number of likely N-dealkylation sites (tertiary alicyclic amines) is 1. The first kappa shape index (κ1) is 24.0. The van der Waals surface area contributed by atoms with Gasteiger partial charge in [-0.1, -0.05) is 75.5 Å². The summed E-state index contributed by atoms with van der Waals surface area (Å²) < 4.78 is 15.2. The Bertz CT molecular complexity index is 949. The molecule has 0 aromatic heterocycles. The lowest BCUT2D eigenvalue weighted by Gasteiger charge is -2.35. The van der Waals surface area contributed by atoms with Crippen LogP contribution in [0.25, 0.3) is 0 Å². The number of hydrogen-bond acceptors (Lipinski definition) is 2. The molecular weight excluding hydrogens is 436 g/mol. The molecule has 3 nitrogen and oxygen atoms in total. The smallest absolute Gasteiger partial charge is 0.321 e. The van der Waals surface area contributed by atoms with Gasteiger partial charge >= 0.3 is 5.97 Å². The predicted molar refractivity (Wildman–Crippen MR) is 125 cm³/mol. The summed E-state index contributed by atoms with van der Waals surface area (Å²) in [5.74, 6) is -2.08. The maximum Gasteiger partial charge on any atom is 0.321 e.